The van der Waals surface area contributed by atoms with Gasteiger partial charge in [0.25, 0.3) is 5.91 Å². The fraction of sp³-hybridized carbons (Fsp3) is 0.0556. The van der Waals surface area contributed by atoms with Crippen molar-refractivity contribution in [1.82, 2.24) is 15.2 Å². The van der Waals surface area contributed by atoms with Crippen molar-refractivity contribution >= 4 is 44.9 Å². The molecule has 0 unspecified atom stereocenters. The first-order valence-electron chi connectivity index (χ1n) is 7.63. The molecule has 7 heteroatoms. The van der Waals surface area contributed by atoms with Gasteiger partial charge in [-0.2, -0.15) is 0 Å². The number of H-pyrrole nitrogens is 1. The van der Waals surface area contributed by atoms with Crippen molar-refractivity contribution in [2.24, 2.45) is 0 Å². The van der Waals surface area contributed by atoms with Gasteiger partial charge in [-0.15, -0.1) is 10.2 Å². The number of aromatic nitrogens is 3. The van der Waals surface area contributed by atoms with E-state index in [1.54, 1.807) is 24.3 Å². The van der Waals surface area contributed by atoms with Crippen LogP contribution in [0.1, 0.15) is 20.9 Å². The van der Waals surface area contributed by atoms with Crippen molar-refractivity contribution in [3.63, 3.8) is 0 Å². The number of amides is 1. The molecule has 0 fully saturated rings. The molecule has 2 heterocycles. The second kappa shape index (κ2) is 6.66. The Bertz CT molecular complexity index is 1040. The first-order chi connectivity index (χ1) is 12.2. The molecule has 0 spiro atoms. The number of carbonyl (C=O) groups is 1. The van der Waals surface area contributed by atoms with Gasteiger partial charge in [0, 0.05) is 34.1 Å². The van der Waals surface area contributed by atoms with Crippen molar-refractivity contribution in [2.45, 2.75) is 6.42 Å². The zero-order valence-corrected chi connectivity index (χ0v) is 14.6. The number of benzene rings is 2. The number of anilines is 1. The van der Waals surface area contributed by atoms with E-state index in [-0.39, 0.29) is 5.91 Å². The maximum absolute atomic E-state index is 12.2. The fourth-order valence-corrected chi connectivity index (χ4v) is 3.47. The molecule has 0 saturated carbocycles. The molecule has 5 nitrogen and oxygen atoms in total. The Morgan fingerprint density at radius 1 is 1.12 bits per heavy atom. The van der Waals surface area contributed by atoms with Crippen molar-refractivity contribution in [2.75, 3.05) is 5.32 Å². The van der Waals surface area contributed by atoms with Crippen LogP contribution in [0.2, 0.25) is 5.02 Å². The predicted molar refractivity (Wildman–Crippen MR) is 100 cm³/mol. The van der Waals surface area contributed by atoms with Gasteiger partial charge in [-0.25, -0.2) is 0 Å². The monoisotopic (exact) mass is 368 g/mol. The lowest BCUT2D eigenvalue weighted by molar-refractivity contribution is 0.102. The summed E-state index contributed by atoms with van der Waals surface area (Å²) >= 11 is 7.21. The van der Waals surface area contributed by atoms with E-state index in [2.05, 4.69) is 26.6 Å². The molecule has 0 atom stereocenters. The summed E-state index contributed by atoms with van der Waals surface area (Å²) in [7, 11) is 0. The minimum Gasteiger partial charge on any atom is -0.361 e. The summed E-state index contributed by atoms with van der Waals surface area (Å²) in [5, 5.41) is 14.1. The van der Waals surface area contributed by atoms with Gasteiger partial charge in [-0.05, 0) is 35.9 Å². The van der Waals surface area contributed by atoms with Crippen molar-refractivity contribution in [1.29, 1.82) is 0 Å². The summed E-state index contributed by atoms with van der Waals surface area (Å²) in [6.07, 6.45) is 2.65. The average molecular weight is 369 g/mol. The maximum Gasteiger partial charge on any atom is 0.257 e. The molecule has 2 N–H and O–H groups in total. The van der Waals surface area contributed by atoms with Crippen molar-refractivity contribution in [3.8, 4) is 0 Å². The summed E-state index contributed by atoms with van der Waals surface area (Å²) in [4.78, 5) is 15.5. The standard InChI is InChI=1S/C18H13ClN4OS/c19-13-7-5-11(6-8-13)17(24)21-18-23-22-16(25-18)9-12-10-20-15-4-2-1-3-14(12)15/h1-8,10,20H,9H2,(H,21,23,24). The lowest BCUT2D eigenvalue weighted by Crippen LogP contribution is -2.11. The Hall–Kier alpha value is -2.70. The van der Waals surface area contributed by atoms with Crippen LogP contribution in [0.5, 0.6) is 0 Å². The van der Waals surface area contributed by atoms with E-state index in [0.717, 1.165) is 16.1 Å². The molecule has 1 amide bonds. The van der Waals surface area contributed by atoms with Gasteiger partial charge < -0.3 is 4.98 Å². The summed E-state index contributed by atoms with van der Waals surface area (Å²) < 4.78 is 0. The normalized spacial score (nSPS) is 10.9. The van der Waals surface area contributed by atoms with E-state index in [1.165, 1.54) is 16.7 Å². The number of hydrogen-bond acceptors (Lipinski definition) is 4. The highest BCUT2D eigenvalue weighted by Crippen LogP contribution is 2.24. The van der Waals surface area contributed by atoms with Crippen LogP contribution in [0, 0.1) is 0 Å². The summed E-state index contributed by atoms with van der Waals surface area (Å²) in [5.74, 6) is -0.230. The smallest absolute Gasteiger partial charge is 0.257 e. The molecule has 2 aromatic heterocycles. The zero-order valence-electron chi connectivity index (χ0n) is 13.0. The molecular formula is C18H13ClN4OS. The zero-order chi connectivity index (χ0) is 17.2. The molecule has 0 aliphatic carbocycles. The molecule has 4 aromatic rings. The molecule has 2 aromatic carbocycles. The number of halogens is 1. The fourth-order valence-electron chi connectivity index (χ4n) is 2.59. The second-order valence-electron chi connectivity index (χ2n) is 5.50. The van der Waals surface area contributed by atoms with Crippen LogP contribution < -0.4 is 5.32 Å². The van der Waals surface area contributed by atoms with Crippen LogP contribution in [0.3, 0.4) is 0 Å². The van der Waals surface area contributed by atoms with Crippen LogP contribution in [0.25, 0.3) is 10.9 Å². The van der Waals surface area contributed by atoms with Crippen LogP contribution in [-0.2, 0) is 6.42 Å². The molecule has 0 bridgehead atoms. The number of para-hydroxylation sites is 1. The Labute approximate surface area is 152 Å². The van der Waals surface area contributed by atoms with E-state index < -0.39 is 0 Å². The minimum absolute atomic E-state index is 0.230. The van der Waals surface area contributed by atoms with Gasteiger partial charge in [0.1, 0.15) is 5.01 Å². The Kier molecular flexibility index (Phi) is 4.21. The third-order valence-electron chi connectivity index (χ3n) is 3.81. The SMILES string of the molecule is O=C(Nc1nnc(Cc2c[nH]c3ccccc23)s1)c1ccc(Cl)cc1. The molecule has 25 heavy (non-hydrogen) atoms. The molecule has 4 rings (SSSR count). The number of carbonyl (C=O) groups excluding carboxylic acids is 1. The first kappa shape index (κ1) is 15.8. The van der Waals surface area contributed by atoms with E-state index in [0.29, 0.717) is 22.1 Å². The Morgan fingerprint density at radius 2 is 1.92 bits per heavy atom. The highest BCUT2D eigenvalue weighted by Gasteiger charge is 2.12. The average Bonchev–Trinajstić information content (AvgIpc) is 3.23. The largest absolute Gasteiger partial charge is 0.361 e. The van der Waals surface area contributed by atoms with Gasteiger partial charge in [0.2, 0.25) is 5.13 Å². The number of fused-ring (bicyclic) bond motifs is 1. The topological polar surface area (TPSA) is 70.7 Å². The van der Waals surface area contributed by atoms with Gasteiger partial charge in [-0.3, -0.25) is 10.1 Å². The predicted octanol–water partition coefficient (Wildman–Crippen LogP) is 4.52. The minimum atomic E-state index is -0.230. The summed E-state index contributed by atoms with van der Waals surface area (Å²) in [6.45, 7) is 0. The lowest BCUT2D eigenvalue weighted by atomic mass is 10.1. The third-order valence-corrected chi connectivity index (χ3v) is 4.90. The third kappa shape index (κ3) is 3.40. The number of hydrogen-bond donors (Lipinski definition) is 2. The first-order valence-corrected chi connectivity index (χ1v) is 8.83. The highest BCUT2D eigenvalue weighted by molar-refractivity contribution is 7.15. The summed E-state index contributed by atoms with van der Waals surface area (Å²) in [5.41, 5.74) is 2.78. The van der Waals surface area contributed by atoms with Gasteiger partial charge in [-0.1, -0.05) is 41.1 Å². The van der Waals surface area contributed by atoms with Crippen LogP contribution in [-0.4, -0.2) is 21.1 Å². The number of rotatable bonds is 4. The summed E-state index contributed by atoms with van der Waals surface area (Å²) in [6, 6.07) is 14.8. The quantitative estimate of drug-likeness (QED) is 0.556. The maximum atomic E-state index is 12.2. The Balaban J connectivity index is 1.48. The number of nitrogens with one attached hydrogen (secondary N) is 2. The molecule has 0 radical (unpaired) electrons. The van der Waals surface area contributed by atoms with Crippen LogP contribution >= 0.6 is 22.9 Å². The second-order valence-corrected chi connectivity index (χ2v) is 7.00. The lowest BCUT2D eigenvalue weighted by Gasteiger charge is -2.00. The van der Waals surface area contributed by atoms with Gasteiger partial charge >= 0.3 is 0 Å². The molecule has 0 aliphatic heterocycles. The van der Waals surface area contributed by atoms with Crippen molar-refractivity contribution < 1.29 is 4.79 Å². The highest BCUT2D eigenvalue weighted by atomic mass is 35.5. The van der Waals surface area contributed by atoms with E-state index in [9.17, 15) is 4.79 Å². The van der Waals surface area contributed by atoms with Crippen LogP contribution in [0.15, 0.2) is 54.7 Å². The molecule has 0 saturated heterocycles. The number of aromatic amines is 1. The number of nitrogens with zero attached hydrogens (tertiary/aromatic N) is 2. The van der Waals surface area contributed by atoms with Crippen molar-refractivity contribution in [3.05, 3.63) is 75.9 Å². The van der Waals surface area contributed by atoms with Crippen LogP contribution in [0.4, 0.5) is 5.13 Å². The van der Waals surface area contributed by atoms with E-state index >= 15 is 0 Å². The van der Waals surface area contributed by atoms with E-state index in [1.807, 2.05) is 24.4 Å². The molecule has 0 aliphatic rings. The Morgan fingerprint density at radius 3 is 2.76 bits per heavy atom. The molecule has 124 valence electrons. The molecular weight excluding hydrogens is 356 g/mol. The van der Waals surface area contributed by atoms with Gasteiger partial charge in [0.15, 0.2) is 0 Å². The van der Waals surface area contributed by atoms with Gasteiger partial charge in [0.05, 0.1) is 0 Å². The van der Waals surface area contributed by atoms with E-state index in [4.69, 9.17) is 11.6 Å².